The van der Waals surface area contributed by atoms with Gasteiger partial charge in [-0.2, -0.15) is 0 Å². The molecule has 3 heterocycles. The zero-order valence-corrected chi connectivity index (χ0v) is 18.1. The van der Waals surface area contributed by atoms with Crippen molar-refractivity contribution in [2.75, 3.05) is 7.11 Å². The molecule has 0 saturated carbocycles. The van der Waals surface area contributed by atoms with Crippen LogP contribution in [-0.2, 0) is 11.3 Å². The second-order valence-electron chi connectivity index (χ2n) is 7.17. The molecule has 1 aliphatic rings. The Labute approximate surface area is 183 Å². The number of rotatable bonds is 6. The molecule has 31 heavy (non-hydrogen) atoms. The van der Waals surface area contributed by atoms with Crippen molar-refractivity contribution < 1.29 is 19.4 Å². The highest BCUT2D eigenvalue weighted by molar-refractivity contribution is 7.14. The van der Waals surface area contributed by atoms with Gasteiger partial charge in [-0.1, -0.05) is 24.3 Å². The van der Waals surface area contributed by atoms with E-state index in [1.807, 2.05) is 25.1 Å². The standard InChI is InChI=1S/C23H21N3O4S/c1-13-22(31-14(2)25-13)20(27)18-19(15-8-6-10-24-11-15)26(23(29)21(18)28)12-16-7-4-5-9-17(16)30-3/h4-11,19,28H,12H2,1-3H3. The summed E-state index contributed by atoms with van der Waals surface area (Å²) in [5, 5.41) is 11.5. The maximum absolute atomic E-state index is 13.5. The molecule has 1 amide bonds. The SMILES string of the molecule is COc1ccccc1CN1C(=O)C(O)=C(C(=O)c2sc(C)nc2C)C1c1cccnc1. The van der Waals surface area contributed by atoms with E-state index in [1.54, 1.807) is 44.6 Å². The maximum atomic E-state index is 13.5. The van der Waals surface area contributed by atoms with Crippen LogP contribution in [0.15, 0.2) is 60.1 Å². The van der Waals surface area contributed by atoms with Crippen molar-refractivity contribution in [3.05, 3.63) is 86.8 Å². The summed E-state index contributed by atoms with van der Waals surface area (Å²) in [5.41, 5.74) is 2.02. The fourth-order valence-electron chi connectivity index (χ4n) is 3.81. The number of thiazole rings is 1. The third kappa shape index (κ3) is 3.70. The first-order chi connectivity index (χ1) is 14.9. The summed E-state index contributed by atoms with van der Waals surface area (Å²) < 4.78 is 5.42. The average molecular weight is 436 g/mol. The number of benzene rings is 1. The number of Topliss-reactive ketones (excluding diaryl/α,β-unsaturated/α-hetero) is 1. The molecule has 2 aromatic heterocycles. The molecule has 0 bridgehead atoms. The molecule has 8 heteroatoms. The predicted molar refractivity (Wildman–Crippen MR) is 116 cm³/mol. The summed E-state index contributed by atoms with van der Waals surface area (Å²) in [6.45, 7) is 3.72. The number of ether oxygens (including phenoxy) is 1. The van der Waals surface area contributed by atoms with Gasteiger partial charge in [0.1, 0.15) is 5.75 Å². The molecule has 0 fully saturated rings. The van der Waals surface area contributed by atoms with Crippen LogP contribution in [0.3, 0.4) is 0 Å². The minimum atomic E-state index is -0.777. The maximum Gasteiger partial charge on any atom is 0.290 e. The largest absolute Gasteiger partial charge is 0.503 e. The number of aromatic nitrogens is 2. The lowest BCUT2D eigenvalue weighted by atomic mass is 9.96. The van der Waals surface area contributed by atoms with E-state index in [2.05, 4.69) is 9.97 Å². The minimum absolute atomic E-state index is 0.0413. The number of carbonyl (C=O) groups is 2. The Morgan fingerprint density at radius 2 is 2.00 bits per heavy atom. The number of aliphatic hydroxyl groups is 1. The smallest absolute Gasteiger partial charge is 0.290 e. The molecule has 4 rings (SSSR count). The molecule has 1 N–H and O–H groups in total. The number of hydrogen-bond donors (Lipinski definition) is 1. The lowest BCUT2D eigenvalue weighted by Crippen LogP contribution is -2.31. The van der Waals surface area contributed by atoms with Crippen molar-refractivity contribution in [3.8, 4) is 5.75 Å². The van der Waals surface area contributed by atoms with E-state index >= 15 is 0 Å². The number of nitrogens with zero attached hydrogens (tertiary/aromatic N) is 3. The Hall–Kier alpha value is -3.52. The normalized spacial score (nSPS) is 16.2. The fourth-order valence-corrected chi connectivity index (χ4v) is 4.69. The number of aryl methyl sites for hydroxylation is 2. The Balaban J connectivity index is 1.81. The topological polar surface area (TPSA) is 92.6 Å². The number of ketones is 1. The number of aliphatic hydroxyl groups excluding tert-OH is 1. The molecular weight excluding hydrogens is 414 g/mol. The summed E-state index contributed by atoms with van der Waals surface area (Å²) in [6.07, 6.45) is 3.22. The van der Waals surface area contributed by atoms with Crippen LogP contribution < -0.4 is 4.74 Å². The Kier molecular flexibility index (Phi) is 5.56. The third-order valence-corrected chi connectivity index (χ3v) is 6.26. The van der Waals surface area contributed by atoms with Gasteiger partial charge in [0.15, 0.2) is 5.76 Å². The number of methoxy groups -OCH3 is 1. The predicted octanol–water partition coefficient (Wildman–Crippen LogP) is 3.94. The zero-order valence-electron chi connectivity index (χ0n) is 17.3. The number of para-hydroxylation sites is 1. The Bertz CT molecular complexity index is 1190. The van der Waals surface area contributed by atoms with E-state index in [0.29, 0.717) is 21.9 Å². The van der Waals surface area contributed by atoms with Gasteiger partial charge in [0.2, 0.25) is 5.78 Å². The minimum Gasteiger partial charge on any atom is -0.503 e. The number of carbonyl (C=O) groups excluding carboxylic acids is 2. The summed E-state index contributed by atoms with van der Waals surface area (Å²) in [7, 11) is 1.56. The zero-order chi connectivity index (χ0) is 22.1. The second kappa shape index (κ2) is 8.31. The third-order valence-electron chi connectivity index (χ3n) is 5.19. The van der Waals surface area contributed by atoms with Crippen LogP contribution in [0.25, 0.3) is 0 Å². The number of hydrogen-bond acceptors (Lipinski definition) is 7. The van der Waals surface area contributed by atoms with Crippen LogP contribution in [0.5, 0.6) is 5.75 Å². The number of pyridine rings is 1. The van der Waals surface area contributed by atoms with Gasteiger partial charge in [-0.15, -0.1) is 11.3 Å². The van der Waals surface area contributed by atoms with Gasteiger partial charge in [-0.3, -0.25) is 14.6 Å². The quantitative estimate of drug-likeness (QED) is 0.590. The molecule has 0 saturated heterocycles. The summed E-state index contributed by atoms with van der Waals surface area (Å²) in [5.74, 6) is -0.931. The van der Waals surface area contributed by atoms with Crippen LogP contribution in [0.1, 0.15) is 37.5 Å². The summed E-state index contributed by atoms with van der Waals surface area (Å²) in [6, 6.07) is 10.1. The van der Waals surface area contributed by atoms with Gasteiger partial charge >= 0.3 is 0 Å². The summed E-state index contributed by atoms with van der Waals surface area (Å²) >= 11 is 1.25. The molecule has 1 unspecified atom stereocenters. The van der Waals surface area contributed by atoms with E-state index in [-0.39, 0.29) is 12.1 Å². The molecule has 158 valence electrons. The van der Waals surface area contributed by atoms with Gasteiger partial charge in [0.25, 0.3) is 5.91 Å². The lowest BCUT2D eigenvalue weighted by molar-refractivity contribution is -0.130. The molecule has 0 aliphatic carbocycles. The molecular formula is C23H21N3O4S. The van der Waals surface area contributed by atoms with Crippen molar-refractivity contribution >= 4 is 23.0 Å². The molecule has 1 aromatic carbocycles. The van der Waals surface area contributed by atoms with Crippen LogP contribution in [0, 0.1) is 13.8 Å². The summed E-state index contributed by atoms with van der Waals surface area (Å²) in [4.78, 5) is 37.0. The first-order valence-corrected chi connectivity index (χ1v) is 10.5. The van der Waals surface area contributed by atoms with Crippen molar-refractivity contribution in [3.63, 3.8) is 0 Å². The van der Waals surface area contributed by atoms with Gasteiger partial charge < -0.3 is 14.7 Å². The fraction of sp³-hybridized carbons (Fsp3) is 0.217. The van der Waals surface area contributed by atoms with Crippen LogP contribution >= 0.6 is 11.3 Å². The van der Waals surface area contributed by atoms with Crippen molar-refractivity contribution in [2.45, 2.75) is 26.4 Å². The van der Waals surface area contributed by atoms with E-state index in [0.717, 1.165) is 10.6 Å². The highest BCUT2D eigenvalue weighted by Gasteiger charge is 2.44. The van der Waals surface area contributed by atoms with Gasteiger partial charge in [-0.25, -0.2) is 4.98 Å². The van der Waals surface area contributed by atoms with E-state index in [4.69, 9.17) is 4.74 Å². The van der Waals surface area contributed by atoms with E-state index in [9.17, 15) is 14.7 Å². The Morgan fingerprint density at radius 1 is 1.23 bits per heavy atom. The monoisotopic (exact) mass is 435 g/mol. The van der Waals surface area contributed by atoms with Crippen LogP contribution in [0.4, 0.5) is 0 Å². The Morgan fingerprint density at radius 3 is 2.65 bits per heavy atom. The molecule has 3 aromatic rings. The molecule has 0 radical (unpaired) electrons. The second-order valence-corrected chi connectivity index (χ2v) is 8.38. The van der Waals surface area contributed by atoms with Crippen molar-refractivity contribution in [1.82, 2.24) is 14.9 Å². The molecule has 7 nitrogen and oxygen atoms in total. The molecule has 1 aliphatic heterocycles. The molecule has 0 spiro atoms. The van der Waals surface area contributed by atoms with E-state index in [1.165, 1.54) is 16.2 Å². The van der Waals surface area contributed by atoms with E-state index < -0.39 is 23.5 Å². The highest BCUT2D eigenvalue weighted by Crippen LogP contribution is 2.41. The first kappa shape index (κ1) is 20.7. The first-order valence-electron chi connectivity index (χ1n) is 9.67. The van der Waals surface area contributed by atoms with Crippen LogP contribution in [-0.4, -0.2) is 38.8 Å². The van der Waals surface area contributed by atoms with Crippen molar-refractivity contribution in [2.24, 2.45) is 0 Å². The molecule has 1 atom stereocenters. The van der Waals surface area contributed by atoms with Gasteiger partial charge in [0, 0.05) is 18.0 Å². The van der Waals surface area contributed by atoms with Gasteiger partial charge in [-0.05, 0) is 31.5 Å². The lowest BCUT2D eigenvalue weighted by Gasteiger charge is -2.27. The number of amides is 1. The van der Waals surface area contributed by atoms with Crippen LogP contribution in [0.2, 0.25) is 0 Å². The van der Waals surface area contributed by atoms with Gasteiger partial charge in [0.05, 0.1) is 40.8 Å². The van der Waals surface area contributed by atoms with Crippen molar-refractivity contribution in [1.29, 1.82) is 0 Å². The average Bonchev–Trinajstić information content (AvgIpc) is 3.24. The highest BCUT2D eigenvalue weighted by atomic mass is 32.1.